The largest absolute Gasteiger partial charge is 0.481 e. The molecule has 5 heteroatoms. The first-order valence-corrected chi connectivity index (χ1v) is 7.38. The van der Waals surface area contributed by atoms with Gasteiger partial charge in [-0.15, -0.1) is 0 Å². The molecule has 0 aromatic carbocycles. The van der Waals surface area contributed by atoms with Gasteiger partial charge in [0.15, 0.2) is 0 Å². The SMILES string of the molecule is CC(CC(=O)O)C1CCCN(Cc2cccnc2C#N)C1. The molecule has 0 aliphatic carbocycles. The third-order valence-corrected chi connectivity index (χ3v) is 4.23. The van der Waals surface area contributed by atoms with Crippen LogP contribution in [-0.2, 0) is 11.3 Å². The Hall–Kier alpha value is -1.93. The summed E-state index contributed by atoms with van der Waals surface area (Å²) in [5.41, 5.74) is 1.43. The van der Waals surface area contributed by atoms with Gasteiger partial charge in [-0.3, -0.25) is 9.69 Å². The van der Waals surface area contributed by atoms with Gasteiger partial charge in [-0.25, -0.2) is 4.98 Å². The number of pyridine rings is 1. The van der Waals surface area contributed by atoms with E-state index in [4.69, 9.17) is 10.4 Å². The van der Waals surface area contributed by atoms with Crippen molar-refractivity contribution in [1.82, 2.24) is 9.88 Å². The number of aromatic nitrogens is 1. The molecule has 2 heterocycles. The van der Waals surface area contributed by atoms with Crippen LogP contribution in [0.3, 0.4) is 0 Å². The lowest BCUT2D eigenvalue weighted by Crippen LogP contribution is -2.38. The van der Waals surface area contributed by atoms with Crippen LogP contribution >= 0.6 is 0 Å². The van der Waals surface area contributed by atoms with Crippen LogP contribution in [0.25, 0.3) is 0 Å². The molecule has 0 spiro atoms. The lowest BCUT2D eigenvalue weighted by atomic mass is 9.84. The molecule has 0 saturated carbocycles. The van der Waals surface area contributed by atoms with Crippen molar-refractivity contribution in [2.45, 2.75) is 32.7 Å². The van der Waals surface area contributed by atoms with Gasteiger partial charge in [-0.1, -0.05) is 13.0 Å². The van der Waals surface area contributed by atoms with Crippen molar-refractivity contribution in [2.24, 2.45) is 11.8 Å². The minimum Gasteiger partial charge on any atom is -0.481 e. The number of nitriles is 1. The van der Waals surface area contributed by atoms with Crippen LogP contribution in [0.5, 0.6) is 0 Å². The zero-order chi connectivity index (χ0) is 15.2. The second kappa shape index (κ2) is 7.19. The first-order valence-electron chi connectivity index (χ1n) is 7.38. The lowest BCUT2D eigenvalue weighted by molar-refractivity contribution is -0.138. The summed E-state index contributed by atoms with van der Waals surface area (Å²) in [5.74, 6) is -0.120. The molecule has 2 unspecified atom stereocenters. The van der Waals surface area contributed by atoms with Gasteiger partial charge in [-0.05, 0) is 37.3 Å². The maximum atomic E-state index is 10.9. The third-order valence-electron chi connectivity index (χ3n) is 4.23. The highest BCUT2D eigenvalue weighted by Gasteiger charge is 2.26. The van der Waals surface area contributed by atoms with Gasteiger partial charge in [0, 0.05) is 31.3 Å². The maximum Gasteiger partial charge on any atom is 0.303 e. The summed E-state index contributed by atoms with van der Waals surface area (Å²) in [6.45, 7) is 4.63. The number of carboxylic acid groups (broad SMARTS) is 1. The van der Waals surface area contributed by atoms with Gasteiger partial charge >= 0.3 is 5.97 Å². The molecule has 0 amide bonds. The third kappa shape index (κ3) is 4.27. The van der Waals surface area contributed by atoms with Crippen LogP contribution in [0.1, 0.15) is 37.4 Å². The predicted octanol–water partition coefficient (Wildman–Crippen LogP) is 2.28. The highest BCUT2D eigenvalue weighted by molar-refractivity contribution is 5.67. The van der Waals surface area contributed by atoms with Crippen LogP contribution in [0.15, 0.2) is 18.3 Å². The highest BCUT2D eigenvalue weighted by Crippen LogP contribution is 2.27. The van der Waals surface area contributed by atoms with Crippen molar-refractivity contribution in [3.8, 4) is 6.07 Å². The Morgan fingerprint density at radius 2 is 2.48 bits per heavy atom. The van der Waals surface area contributed by atoms with E-state index in [-0.39, 0.29) is 12.3 Å². The molecule has 1 N–H and O–H groups in total. The summed E-state index contributed by atoms with van der Waals surface area (Å²) in [7, 11) is 0. The molecule has 0 bridgehead atoms. The lowest BCUT2D eigenvalue weighted by Gasteiger charge is -2.35. The van der Waals surface area contributed by atoms with Gasteiger partial charge in [0.05, 0.1) is 0 Å². The van der Waals surface area contributed by atoms with Crippen molar-refractivity contribution in [3.63, 3.8) is 0 Å². The molecule has 112 valence electrons. The quantitative estimate of drug-likeness (QED) is 0.899. The molecule has 1 saturated heterocycles. The topological polar surface area (TPSA) is 77.2 Å². The van der Waals surface area contributed by atoms with E-state index in [1.165, 1.54) is 0 Å². The number of piperidine rings is 1. The van der Waals surface area contributed by atoms with E-state index in [0.29, 0.717) is 18.2 Å². The number of rotatable bonds is 5. The Morgan fingerprint density at radius 1 is 1.67 bits per heavy atom. The monoisotopic (exact) mass is 287 g/mol. The fourth-order valence-corrected chi connectivity index (χ4v) is 3.05. The zero-order valence-corrected chi connectivity index (χ0v) is 12.3. The Bertz CT molecular complexity index is 539. The van der Waals surface area contributed by atoms with Gasteiger partial charge in [0.2, 0.25) is 0 Å². The summed E-state index contributed by atoms with van der Waals surface area (Å²) >= 11 is 0. The minimum atomic E-state index is -0.723. The van der Waals surface area contributed by atoms with Crippen molar-refractivity contribution in [2.75, 3.05) is 13.1 Å². The molecule has 2 atom stereocenters. The molecule has 2 rings (SSSR count). The summed E-state index contributed by atoms with van der Waals surface area (Å²) in [6.07, 6.45) is 4.03. The summed E-state index contributed by atoms with van der Waals surface area (Å²) < 4.78 is 0. The van der Waals surface area contributed by atoms with Crippen LogP contribution in [0.4, 0.5) is 0 Å². The highest BCUT2D eigenvalue weighted by atomic mass is 16.4. The van der Waals surface area contributed by atoms with Crippen LogP contribution in [-0.4, -0.2) is 34.0 Å². The molecule has 5 nitrogen and oxygen atoms in total. The number of likely N-dealkylation sites (tertiary alicyclic amines) is 1. The standard InChI is InChI=1S/C16H21N3O2/c1-12(8-16(20)21)13-5-3-7-19(10-13)11-14-4-2-6-18-15(14)9-17/h2,4,6,12-13H,3,5,7-8,10-11H2,1H3,(H,20,21). The first-order chi connectivity index (χ1) is 10.1. The van der Waals surface area contributed by atoms with Crippen molar-refractivity contribution >= 4 is 5.97 Å². The molecule has 21 heavy (non-hydrogen) atoms. The van der Waals surface area contributed by atoms with Crippen LogP contribution < -0.4 is 0 Å². The molecular formula is C16H21N3O2. The Labute approximate surface area is 125 Å². The van der Waals surface area contributed by atoms with Crippen LogP contribution in [0.2, 0.25) is 0 Å². The van der Waals surface area contributed by atoms with Gasteiger partial charge in [-0.2, -0.15) is 5.26 Å². The van der Waals surface area contributed by atoms with E-state index in [1.807, 2.05) is 19.1 Å². The molecular weight excluding hydrogens is 266 g/mol. The van der Waals surface area contributed by atoms with Crippen molar-refractivity contribution in [3.05, 3.63) is 29.6 Å². The van der Waals surface area contributed by atoms with Gasteiger partial charge in [0.25, 0.3) is 0 Å². The average Bonchev–Trinajstić information content (AvgIpc) is 2.47. The molecule has 1 aliphatic rings. The van der Waals surface area contributed by atoms with Crippen molar-refractivity contribution in [1.29, 1.82) is 5.26 Å². The first kappa shape index (κ1) is 15.5. The van der Waals surface area contributed by atoms with E-state index >= 15 is 0 Å². The average molecular weight is 287 g/mol. The Kier molecular flexibility index (Phi) is 5.29. The summed E-state index contributed by atoms with van der Waals surface area (Å²) in [5, 5.41) is 18.0. The van der Waals surface area contributed by atoms with E-state index in [2.05, 4.69) is 16.0 Å². The smallest absolute Gasteiger partial charge is 0.303 e. The molecule has 1 aliphatic heterocycles. The molecule has 1 aromatic rings. The second-order valence-corrected chi connectivity index (χ2v) is 5.84. The fraction of sp³-hybridized carbons (Fsp3) is 0.562. The fourth-order valence-electron chi connectivity index (χ4n) is 3.05. The van der Waals surface area contributed by atoms with E-state index in [0.717, 1.165) is 31.5 Å². The molecule has 1 fully saturated rings. The minimum absolute atomic E-state index is 0.189. The van der Waals surface area contributed by atoms with Crippen LogP contribution in [0, 0.1) is 23.2 Å². The van der Waals surface area contributed by atoms with Gasteiger partial charge in [0.1, 0.15) is 11.8 Å². The predicted molar refractivity (Wildman–Crippen MR) is 78.4 cm³/mol. The summed E-state index contributed by atoms with van der Waals surface area (Å²) in [4.78, 5) is 17.3. The number of aliphatic carboxylic acids is 1. The molecule has 0 radical (unpaired) electrons. The number of carbonyl (C=O) groups is 1. The van der Waals surface area contributed by atoms with Crippen molar-refractivity contribution < 1.29 is 9.90 Å². The summed E-state index contributed by atoms with van der Waals surface area (Å²) in [6, 6.07) is 5.92. The Balaban J connectivity index is 1.98. The zero-order valence-electron chi connectivity index (χ0n) is 12.3. The second-order valence-electron chi connectivity index (χ2n) is 5.84. The van der Waals surface area contributed by atoms with E-state index in [1.54, 1.807) is 6.20 Å². The van der Waals surface area contributed by atoms with E-state index < -0.39 is 5.97 Å². The number of nitrogens with zero attached hydrogens (tertiary/aromatic N) is 3. The normalized spacial score (nSPS) is 20.7. The maximum absolute atomic E-state index is 10.9. The van der Waals surface area contributed by atoms with Gasteiger partial charge < -0.3 is 5.11 Å². The van der Waals surface area contributed by atoms with E-state index in [9.17, 15) is 4.79 Å². The molecule has 1 aromatic heterocycles. The number of hydrogen-bond donors (Lipinski definition) is 1. The number of carboxylic acids is 1. The Morgan fingerprint density at radius 3 is 3.19 bits per heavy atom. The number of hydrogen-bond acceptors (Lipinski definition) is 4.